The van der Waals surface area contributed by atoms with Gasteiger partial charge in [-0.3, -0.25) is 0 Å². The minimum atomic E-state index is -4.10. The topological polar surface area (TPSA) is 99.1 Å². The Morgan fingerprint density at radius 1 is 1.47 bits per heavy atom. The predicted octanol–water partition coefficient (Wildman–Crippen LogP) is 1.01. The summed E-state index contributed by atoms with van der Waals surface area (Å²) in [5, 5.41) is 4.79. The summed E-state index contributed by atoms with van der Waals surface area (Å²) in [6.07, 6.45) is -2.91. The molecule has 0 spiro atoms. The molecule has 0 atom stereocenters. The molecular weight excluding hydrogens is 296 g/mol. The Kier molecular flexibility index (Phi) is 3.26. The molecule has 9 heteroatoms. The van der Waals surface area contributed by atoms with Gasteiger partial charge in [-0.15, -0.1) is 0 Å². The fourth-order valence-corrected chi connectivity index (χ4v) is 2.43. The fraction of sp³-hybridized carbons (Fsp3) is 0.167. The number of nitrogen functional groups attached to an aromatic ring is 1. The van der Waals surface area contributed by atoms with Gasteiger partial charge in [0.1, 0.15) is 15.3 Å². The van der Waals surface area contributed by atoms with Crippen LogP contribution in [0.4, 0.5) is 14.6 Å². The van der Waals surface area contributed by atoms with Crippen LogP contribution >= 0.6 is 15.9 Å². The van der Waals surface area contributed by atoms with E-state index in [4.69, 9.17) is 10.9 Å². The van der Waals surface area contributed by atoms with Crippen molar-refractivity contribution in [2.75, 3.05) is 5.73 Å². The molecule has 0 unspecified atom stereocenters. The van der Waals surface area contributed by atoms with Crippen LogP contribution in [0.5, 0.6) is 0 Å². The van der Waals surface area contributed by atoms with Crippen LogP contribution in [0.2, 0.25) is 0 Å². The number of rotatable bonds is 2. The number of nitrogens with zero attached hydrogens (tertiary/aromatic N) is 1. The van der Waals surface area contributed by atoms with Crippen molar-refractivity contribution in [3.8, 4) is 0 Å². The van der Waals surface area contributed by atoms with E-state index < -0.39 is 32.7 Å². The summed E-state index contributed by atoms with van der Waals surface area (Å²) in [6, 6.07) is 0.701. The summed E-state index contributed by atoms with van der Waals surface area (Å²) in [4.78, 5) is 2.90. The molecule has 0 radical (unpaired) electrons. The van der Waals surface area contributed by atoms with Gasteiger partial charge >= 0.3 is 0 Å². The lowest BCUT2D eigenvalue weighted by molar-refractivity contribution is 0.151. The zero-order valence-corrected chi connectivity index (χ0v) is 9.52. The zero-order chi connectivity index (χ0) is 11.8. The van der Waals surface area contributed by atoms with E-state index in [1.165, 1.54) is 0 Å². The fourth-order valence-electron chi connectivity index (χ4n) is 0.874. The van der Waals surface area contributed by atoms with Gasteiger partial charge < -0.3 is 5.73 Å². The van der Waals surface area contributed by atoms with Crippen LogP contribution < -0.4 is 10.9 Å². The SMILES string of the molecule is Nc1nc(Br)c(S(N)(=O)=O)cc1C(F)F. The van der Waals surface area contributed by atoms with Crippen LogP contribution in [0.3, 0.4) is 0 Å². The lowest BCUT2D eigenvalue weighted by Gasteiger charge is -2.07. The van der Waals surface area contributed by atoms with E-state index >= 15 is 0 Å². The molecule has 0 bridgehead atoms. The van der Waals surface area contributed by atoms with Crippen molar-refractivity contribution in [2.45, 2.75) is 11.3 Å². The number of hydrogen-bond acceptors (Lipinski definition) is 4. The minimum Gasteiger partial charge on any atom is -0.383 e. The van der Waals surface area contributed by atoms with E-state index in [1.807, 2.05) is 0 Å². The molecule has 84 valence electrons. The van der Waals surface area contributed by atoms with Crippen molar-refractivity contribution in [1.82, 2.24) is 4.98 Å². The lowest BCUT2D eigenvalue weighted by Crippen LogP contribution is -2.15. The van der Waals surface area contributed by atoms with E-state index in [0.29, 0.717) is 6.07 Å². The molecule has 1 aromatic rings. The second-order valence-corrected chi connectivity index (χ2v) is 4.88. The first kappa shape index (κ1) is 12.3. The molecule has 5 nitrogen and oxygen atoms in total. The van der Waals surface area contributed by atoms with Gasteiger partial charge in [-0.2, -0.15) is 0 Å². The van der Waals surface area contributed by atoms with Gasteiger partial charge in [0.15, 0.2) is 0 Å². The summed E-state index contributed by atoms with van der Waals surface area (Å²) in [6.45, 7) is 0. The van der Waals surface area contributed by atoms with Crippen molar-refractivity contribution in [1.29, 1.82) is 0 Å². The Balaban J connectivity index is 3.50. The summed E-state index contributed by atoms with van der Waals surface area (Å²) in [5.74, 6) is -0.440. The van der Waals surface area contributed by atoms with Crippen molar-refractivity contribution < 1.29 is 17.2 Å². The number of primary sulfonamides is 1. The summed E-state index contributed by atoms with van der Waals surface area (Å²) in [7, 11) is -4.10. The van der Waals surface area contributed by atoms with Crippen molar-refractivity contribution in [2.24, 2.45) is 5.14 Å². The molecule has 1 heterocycles. The predicted molar refractivity (Wildman–Crippen MR) is 52.7 cm³/mol. The normalized spacial score (nSPS) is 12.1. The molecule has 0 saturated carbocycles. The average molecular weight is 302 g/mol. The largest absolute Gasteiger partial charge is 0.383 e. The van der Waals surface area contributed by atoms with Crippen LogP contribution in [0.15, 0.2) is 15.6 Å². The number of anilines is 1. The Hall–Kier alpha value is -0.800. The molecule has 0 saturated heterocycles. The van der Waals surface area contributed by atoms with Crippen LogP contribution in [-0.2, 0) is 10.0 Å². The molecule has 4 N–H and O–H groups in total. The first-order valence-electron chi connectivity index (χ1n) is 3.50. The average Bonchev–Trinajstić information content (AvgIpc) is 2.00. The van der Waals surface area contributed by atoms with Gasteiger partial charge in [0.2, 0.25) is 10.0 Å². The lowest BCUT2D eigenvalue weighted by atomic mass is 10.3. The Morgan fingerprint density at radius 3 is 2.40 bits per heavy atom. The standard InChI is InChI=1S/C6H6BrF2N3O2S/c7-4-3(15(11,13)14)1-2(5(8)9)6(10)12-4/h1,5H,(H2,10,12)(H2,11,13,14). The Bertz CT molecular complexity index is 491. The monoisotopic (exact) mass is 301 g/mol. The van der Waals surface area contributed by atoms with E-state index in [0.717, 1.165) is 0 Å². The molecule has 0 aliphatic carbocycles. The van der Waals surface area contributed by atoms with Crippen molar-refractivity contribution >= 4 is 31.8 Å². The van der Waals surface area contributed by atoms with Gasteiger partial charge in [-0.1, -0.05) is 0 Å². The first-order valence-corrected chi connectivity index (χ1v) is 5.84. The van der Waals surface area contributed by atoms with E-state index in [9.17, 15) is 17.2 Å². The van der Waals surface area contributed by atoms with Gasteiger partial charge in [0.25, 0.3) is 6.43 Å². The number of pyridine rings is 1. The Labute approximate surface area is 92.7 Å². The van der Waals surface area contributed by atoms with Crippen molar-refractivity contribution in [3.05, 3.63) is 16.2 Å². The quantitative estimate of drug-likeness (QED) is 0.796. The molecule has 15 heavy (non-hydrogen) atoms. The summed E-state index contributed by atoms with van der Waals surface area (Å²) >= 11 is 2.77. The highest BCUT2D eigenvalue weighted by atomic mass is 79.9. The molecule has 0 aliphatic heterocycles. The van der Waals surface area contributed by atoms with E-state index in [-0.39, 0.29) is 4.60 Å². The number of halogens is 3. The highest BCUT2D eigenvalue weighted by Crippen LogP contribution is 2.29. The molecule has 0 amide bonds. The number of sulfonamides is 1. The Morgan fingerprint density at radius 2 is 2.00 bits per heavy atom. The van der Waals surface area contributed by atoms with Gasteiger partial charge in [0.05, 0.1) is 5.56 Å². The second kappa shape index (κ2) is 3.99. The first-order chi connectivity index (χ1) is 6.73. The number of hydrogen-bond donors (Lipinski definition) is 2. The number of nitrogens with two attached hydrogens (primary N) is 2. The third kappa shape index (κ3) is 2.61. The maximum Gasteiger partial charge on any atom is 0.267 e. The third-order valence-corrected chi connectivity index (χ3v) is 3.34. The molecule has 0 aromatic carbocycles. The van der Waals surface area contributed by atoms with E-state index in [2.05, 4.69) is 20.9 Å². The van der Waals surface area contributed by atoms with Crippen molar-refractivity contribution in [3.63, 3.8) is 0 Å². The second-order valence-electron chi connectivity index (χ2n) is 2.60. The van der Waals surface area contributed by atoms with Crippen LogP contribution in [-0.4, -0.2) is 13.4 Å². The van der Waals surface area contributed by atoms with Gasteiger partial charge in [-0.05, 0) is 22.0 Å². The van der Waals surface area contributed by atoms with Gasteiger partial charge in [0, 0.05) is 0 Å². The minimum absolute atomic E-state index is 0.188. The highest BCUT2D eigenvalue weighted by molar-refractivity contribution is 9.10. The van der Waals surface area contributed by atoms with Crippen LogP contribution in [0.25, 0.3) is 0 Å². The van der Waals surface area contributed by atoms with Crippen LogP contribution in [0, 0.1) is 0 Å². The maximum atomic E-state index is 12.4. The zero-order valence-electron chi connectivity index (χ0n) is 7.12. The molecule has 1 rings (SSSR count). The smallest absolute Gasteiger partial charge is 0.267 e. The summed E-state index contributed by atoms with van der Waals surface area (Å²) in [5.41, 5.74) is 4.51. The third-order valence-electron chi connectivity index (χ3n) is 1.55. The number of aromatic nitrogens is 1. The molecular formula is C6H6BrF2N3O2S. The van der Waals surface area contributed by atoms with Crippen LogP contribution in [0.1, 0.15) is 12.0 Å². The maximum absolute atomic E-state index is 12.4. The molecule has 0 aliphatic rings. The van der Waals surface area contributed by atoms with E-state index in [1.54, 1.807) is 0 Å². The highest BCUT2D eigenvalue weighted by Gasteiger charge is 2.21. The molecule has 1 aromatic heterocycles. The summed E-state index contributed by atoms with van der Waals surface area (Å²) < 4.78 is 46.4. The van der Waals surface area contributed by atoms with Gasteiger partial charge in [-0.25, -0.2) is 27.3 Å². The molecule has 0 fully saturated rings. The number of alkyl halides is 2.